The number of hydrazone groups is 1. The number of aryl methyl sites for hydroxylation is 2. The summed E-state index contributed by atoms with van der Waals surface area (Å²) in [5.74, 6) is -0.328. The highest BCUT2D eigenvalue weighted by Crippen LogP contribution is 2.17. The molecule has 1 aromatic carbocycles. The van der Waals surface area contributed by atoms with E-state index in [0.717, 1.165) is 11.1 Å². The van der Waals surface area contributed by atoms with E-state index in [0.29, 0.717) is 16.5 Å². The lowest BCUT2D eigenvalue weighted by molar-refractivity contribution is 0.508. The first-order valence-corrected chi connectivity index (χ1v) is 8.00. The van der Waals surface area contributed by atoms with E-state index in [1.54, 1.807) is 18.5 Å². The van der Waals surface area contributed by atoms with Crippen LogP contribution in [0.4, 0.5) is 4.39 Å². The molecule has 0 spiro atoms. The number of hydrogen-bond acceptors (Lipinski definition) is 3. The Balaban J connectivity index is 2.21. The maximum absolute atomic E-state index is 14.2. The average Bonchev–Trinajstić information content (AvgIpc) is 2.78. The van der Waals surface area contributed by atoms with E-state index in [4.69, 9.17) is 12.2 Å². The van der Waals surface area contributed by atoms with Gasteiger partial charge in [-0.25, -0.2) is 9.07 Å². The molecule has 0 aliphatic heterocycles. The molecule has 0 aliphatic carbocycles. The third-order valence-electron chi connectivity index (χ3n) is 3.17. The van der Waals surface area contributed by atoms with Crippen LogP contribution in [-0.2, 0) is 0 Å². The summed E-state index contributed by atoms with van der Waals surface area (Å²) < 4.78 is 15.7. The molecule has 0 amide bonds. The Kier molecular flexibility index (Phi) is 5.33. The molecular formula is C17H22FN5S. The molecule has 0 atom stereocenters. The molecule has 2 aromatic rings. The number of hydrogen-bond donors (Lipinski definition) is 2. The van der Waals surface area contributed by atoms with Crippen molar-refractivity contribution in [1.82, 2.24) is 20.5 Å². The van der Waals surface area contributed by atoms with E-state index in [1.165, 1.54) is 10.7 Å². The standard InChI is InChI=1S/C17H22FN5S/c1-11-6-7-14(13(18)8-11)23-15(12(2)9-20-23)10-19-22-16(24)21-17(3,4)5/h6-10H,1-5H3,(H2,21,22,24)/b19-10+. The van der Waals surface area contributed by atoms with Gasteiger partial charge in [0.05, 0.1) is 18.1 Å². The van der Waals surface area contributed by atoms with Gasteiger partial charge in [0.2, 0.25) is 0 Å². The Morgan fingerprint density at radius 3 is 2.67 bits per heavy atom. The van der Waals surface area contributed by atoms with Crippen LogP contribution < -0.4 is 10.7 Å². The molecule has 0 fully saturated rings. The molecule has 0 saturated carbocycles. The quantitative estimate of drug-likeness (QED) is 0.508. The van der Waals surface area contributed by atoms with Gasteiger partial charge in [-0.3, -0.25) is 5.43 Å². The van der Waals surface area contributed by atoms with Crippen molar-refractivity contribution in [1.29, 1.82) is 0 Å². The van der Waals surface area contributed by atoms with Crippen molar-refractivity contribution in [3.63, 3.8) is 0 Å². The highest BCUT2D eigenvalue weighted by Gasteiger charge is 2.12. The molecule has 1 heterocycles. The van der Waals surface area contributed by atoms with Crippen LogP contribution in [0.3, 0.4) is 0 Å². The second-order valence-electron chi connectivity index (χ2n) is 6.65. The SMILES string of the molecule is Cc1ccc(-n2ncc(C)c2/C=N/NC(=S)NC(C)(C)C)c(F)c1. The molecule has 0 unspecified atom stereocenters. The zero-order valence-corrected chi connectivity index (χ0v) is 15.3. The fraction of sp³-hybridized carbons (Fsp3) is 0.353. The van der Waals surface area contributed by atoms with Crippen LogP contribution in [-0.4, -0.2) is 26.6 Å². The maximum atomic E-state index is 14.2. The van der Waals surface area contributed by atoms with E-state index >= 15 is 0 Å². The monoisotopic (exact) mass is 347 g/mol. The van der Waals surface area contributed by atoms with Crippen LogP contribution in [0.5, 0.6) is 0 Å². The molecule has 2 rings (SSSR count). The largest absolute Gasteiger partial charge is 0.357 e. The number of halogens is 1. The molecule has 0 aliphatic rings. The van der Waals surface area contributed by atoms with Gasteiger partial charge in [0.1, 0.15) is 11.5 Å². The normalized spacial score (nSPS) is 11.8. The Morgan fingerprint density at radius 2 is 2.04 bits per heavy atom. The second kappa shape index (κ2) is 7.09. The van der Waals surface area contributed by atoms with E-state index in [2.05, 4.69) is 20.9 Å². The lowest BCUT2D eigenvalue weighted by atomic mass is 10.1. The van der Waals surface area contributed by atoms with E-state index in [-0.39, 0.29) is 11.4 Å². The molecule has 0 bridgehead atoms. The van der Waals surface area contributed by atoms with Crippen LogP contribution in [0.25, 0.3) is 5.69 Å². The third kappa shape index (κ3) is 4.61. The Hall–Kier alpha value is -2.28. The van der Waals surface area contributed by atoms with Crippen molar-refractivity contribution in [2.45, 2.75) is 40.2 Å². The third-order valence-corrected chi connectivity index (χ3v) is 3.37. The van der Waals surface area contributed by atoms with Gasteiger partial charge in [0.25, 0.3) is 0 Å². The highest BCUT2D eigenvalue weighted by atomic mass is 32.1. The number of nitrogens with zero attached hydrogens (tertiary/aromatic N) is 3. The van der Waals surface area contributed by atoms with E-state index in [9.17, 15) is 4.39 Å². The molecule has 5 nitrogen and oxygen atoms in total. The topological polar surface area (TPSA) is 54.2 Å². The van der Waals surface area contributed by atoms with Crippen molar-refractivity contribution in [3.8, 4) is 5.69 Å². The van der Waals surface area contributed by atoms with Gasteiger partial charge < -0.3 is 5.32 Å². The zero-order chi connectivity index (χ0) is 17.9. The van der Waals surface area contributed by atoms with Crippen LogP contribution in [0.15, 0.2) is 29.5 Å². The van der Waals surface area contributed by atoms with Crippen molar-refractivity contribution < 1.29 is 4.39 Å². The van der Waals surface area contributed by atoms with Gasteiger partial charge in [-0.2, -0.15) is 10.2 Å². The first-order valence-electron chi connectivity index (χ1n) is 7.60. The predicted molar refractivity (Wildman–Crippen MR) is 99.2 cm³/mol. The highest BCUT2D eigenvalue weighted by molar-refractivity contribution is 7.80. The molecule has 1 aromatic heterocycles. The molecule has 2 N–H and O–H groups in total. The fourth-order valence-corrected chi connectivity index (χ4v) is 2.45. The van der Waals surface area contributed by atoms with Crippen LogP contribution in [0.1, 0.15) is 37.6 Å². The summed E-state index contributed by atoms with van der Waals surface area (Å²) in [7, 11) is 0. The molecule has 0 saturated heterocycles. The molecule has 7 heteroatoms. The lowest BCUT2D eigenvalue weighted by Gasteiger charge is -2.21. The Labute approximate surface area is 147 Å². The van der Waals surface area contributed by atoms with Crippen LogP contribution in [0, 0.1) is 19.7 Å². The minimum Gasteiger partial charge on any atom is -0.357 e. The number of aromatic nitrogens is 2. The maximum Gasteiger partial charge on any atom is 0.187 e. The summed E-state index contributed by atoms with van der Waals surface area (Å²) in [6.45, 7) is 9.75. The summed E-state index contributed by atoms with van der Waals surface area (Å²) in [5.41, 5.74) is 5.42. The summed E-state index contributed by atoms with van der Waals surface area (Å²) >= 11 is 5.17. The molecule has 128 valence electrons. The van der Waals surface area contributed by atoms with E-state index < -0.39 is 0 Å². The van der Waals surface area contributed by atoms with Gasteiger partial charge in [0, 0.05) is 5.54 Å². The summed E-state index contributed by atoms with van der Waals surface area (Å²) in [5, 5.41) is 11.9. The minimum atomic E-state index is -0.328. The molecular weight excluding hydrogens is 325 g/mol. The number of nitrogens with one attached hydrogen (secondary N) is 2. The van der Waals surface area contributed by atoms with Gasteiger partial charge in [-0.1, -0.05) is 6.07 Å². The van der Waals surface area contributed by atoms with Crippen molar-refractivity contribution in [2.75, 3.05) is 0 Å². The Bertz CT molecular complexity index is 774. The lowest BCUT2D eigenvalue weighted by Crippen LogP contribution is -2.44. The van der Waals surface area contributed by atoms with E-state index in [1.807, 2.05) is 40.7 Å². The van der Waals surface area contributed by atoms with Gasteiger partial charge >= 0.3 is 0 Å². The number of benzene rings is 1. The number of rotatable bonds is 3. The summed E-state index contributed by atoms with van der Waals surface area (Å²) in [6, 6.07) is 5.03. The Morgan fingerprint density at radius 1 is 1.33 bits per heavy atom. The van der Waals surface area contributed by atoms with Crippen molar-refractivity contribution >= 4 is 23.5 Å². The second-order valence-corrected chi connectivity index (χ2v) is 7.06. The van der Waals surface area contributed by atoms with Crippen molar-refractivity contribution in [3.05, 3.63) is 47.0 Å². The van der Waals surface area contributed by atoms with Crippen molar-refractivity contribution in [2.24, 2.45) is 5.10 Å². The first kappa shape index (κ1) is 18.1. The minimum absolute atomic E-state index is 0.150. The zero-order valence-electron chi connectivity index (χ0n) is 14.5. The van der Waals surface area contributed by atoms with Crippen LogP contribution >= 0.6 is 12.2 Å². The van der Waals surface area contributed by atoms with Gasteiger partial charge in [-0.15, -0.1) is 0 Å². The molecule has 0 radical (unpaired) electrons. The van der Waals surface area contributed by atoms with Gasteiger partial charge in [-0.05, 0) is 70.1 Å². The predicted octanol–water partition coefficient (Wildman–Crippen LogP) is 3.22. The smallest absolute Gasteiger partial charge is 0.187 e. The van der Waals surface area contributed by atoms with Crippen LogP contribution in [0.2, 0.25) is 0 Å². The molecule has 24 heavy (non-hydrogen) atoms. The van der Waals surface area contributed by atoms with Gasteiger partial charge in [0.15, 0.2) is 5.11 Å². The number of thiocarbonyl (C=S) groups is 1. The first-order chi connectivity index (χ1) is 11.2. The average molecular weight is 347 g/mol. The fourth-order valence-electron chi connectivity index (χ4n) is 2.09. The summed E-state index contributed by atoms with van der Waals surface area (Å²) in [6.07, 6.45) is 3.25. The summed E-state index contributed by atoms with van der Waals surface area (Å²) in [4.78, 5) is 0.